The Kier molecular flexibility index (Phi) is 5.18. The van der Waals surface area contributed by atoms with Gasteiger partial charge in [0.1, 0.15) is 0 Å². The lowest BCUT2D eigenvalue weighted by atomic mass is 10.1. The van der Waals surface area contributed by atoms with Crippen LogP contribution in [0, 0.1) is 11.3 Å². The Morgan fingerprint density at radius 1 is 1.41 bits per heavy atom. The molecule has 1 amide bonds. The van der Waals surface area contributed by atoms with E-state index in [4.69, 9.17) is 5.26 Å². The van der Waals surface area contributed by atoms with Crippen LogP contribution in [0.25, 0.3) is 0 Å². The van der Waals surface area contributed by atoms with Gasteiger partial charge in [0.05, 0.1) is 11.6 Å². The highest BCUT2D eigenvalue weighted by molar-refractivity contribution is 5.75. The van der Waals surface area contributed by atoms with Gasteiger partial charge in [-0.15, -0.1) is 0 Å². The summed E-state index contributed by atoms with van der Waals surface area (Å²) in [5, 5.41) is 12.1. The van der Waals surface area contributed by atoms with E-state index in [0.29, 0.717) is 25.1 Å². The van der Waals surface area contributed by atoms with E-state index in [1.165, 1.54) is 0 Å². The molecule has 0 aliphatic rings. The molecule has 0 fully saturated rings. The molecule has 0 aromatic heterocycles. The highest BCUT2D eigenvalue weighted by Gasteiger charge is 2.03. The smallest absolute Gasteiger partial charge is 0.223 e. The van der Waals surface area contributed by atoms with Crippen molar-refractivity contribution in [3.8, 4) is 6.07 Å². The number of nitrogens with zero attached hydrogens (tertiary/aromatic N) is 2. The lowest BCUT2D eigenvalue weighted by molar-refractivity contribution is -0.128. The third-order valence-electron chi connectivity index (χ3n) is 2.47. The second kappa shape index (κ2) is 6.66. The molecule has 0 saturated carbocycles. The van der Waals surface area contributed by atoms with Crippen LogP contribution < -0.4 is 5.32 Å². The zero-order valence-electron chi connectivity index (χ0n) is 10.2. The van der Waals surface area contributed by atoms with Crippen LogP contribution in [0.1, 0.15) is 17.5 Å². The maximum atomic E-state index is 11.3. The molecule has 0 aliphatic carbocycles. The summed E-state index contributed by atoms with van der Waals surface area (Å²) in [5.41, 5.74) is 1.64. The third-order valence-corrected chi connectivity index (χ3v) is 2.47. The number of benzene rings is 1. The number of amides is 1. The van der Waals surface area contributed by atoms with Crippen molar-refractivity contribution in [3.63, 3.8) is 0 Å². The molecule has 4 heteroatoms. The van der Waals surface area contributed by atoms with E-state index >= 15 is 0 Å². The van der Waals surface area contributed by atoms with Crippen molar-refractivity contribution in [1.82, 2.24) is 10.2 Å². The molecule has 90 valence electrons. The van der Waals surface area contributed by atoms with Gasteiger partial charge in [0.2, 0.25) is 5.91 Å². The summed E-state index contributed by atoms with van der Waals surface area (Å²) < 4.78 is 0. The van der Waals surface area contributed by atoms with Gasteiger partial charge in [0.25, 0.3) is 0 Å². The van der Waals surface area contributed by atoms with Gasteiger partial charge in [-0.25, -0.2) is 0 Å². The van der Waals surface area contributed by atoms with Gasteiger partial charge in [-0.2, -0.15) is 5.26 Å². The molecule has 0 saturated heterocycles. The molecule has 0 aliphatic heterocycles. The lowest BCUT2D eigenvalue weighted by Crippen LogP contribution is -2.26. The molecule has 1 aromatic rings. The Morgan fingerprint density at radius 3 is 2.76 bits per heavy atom. The Hall–Kier alpha value is -1.86. The molecular formula is C13H17N3O. The van der Waals surface area contributed by atoms with Gasteiger partial charge in [0, 0.05) is 33.6 Å². The fraction of sp³-hybridized carbons (Fsp3) is 0.385. The second-order valence-corrected chi connectivity index (χ2v) is 3.98. The Bertz CT molecular complexity index is 421. The summed E-state index contributed by atoms with van der Waals surface area (Å²) in [4.78, 5) is 12.9. The number of carbonyl (C=O) groups excluding carboxylic acids is 1. The molecular weight excluding hydrogens is 214 g/mol. The van der Waals surface area contributed by atoms with Crippen molar-refractivity contribution < 1.29 is 4.79 Å². The van der Waals surface area contributed by atoms with Crippen LogP contribution >= 0.6 is 0 Å². The van der Waals surface area contributed by atoms with Crippen molar-refractivity contribution in [2.75, 3.05) is 20.6 Å². The molecule has 1 rings (SSSR count). The minimum atomic E-state index is 0.103. The minimum Gasteiger partial charge on any atom is -0.349 e. The summed E-state index contributed by atoms with van der Waals surface area (Å²) in [6, 6.07) is 9.61. The van der Waals surface area contributed by atoms with Crippen LogP contribution in [0.2, 0.25) is 0 Å². The van der Waals surface area contributed by atoms with E-state index < -0.39 is 0 Å². The summed E-state index contributed by atoms with van der Waals surface area (Å²) in [6.07, 6.45) is 0.474. The number of hydrogen-bond donors (Lipinski definition) is 1. The molecule has 0 atom stereocenters. The highest BCUT2D eigenvalue weighted by atomic mass is 16.2. The fourth-order valence-corrected chi connectivity index (χ4v) is 1.43. The Balaban J connectivity index is 2.37. The summed E-state index contributed by atoms with van der Waals surface area (Å²) in [5.74, 6) is 0.103. The van der Waals surface area contributed by atoms with Crippen LogP contribution in [0.5, 0.6) is 0 Å². The number of nitriles is 1. The predicted octanol–water partition coefficient (Wildman–Crippen LogP) is 1.13. The molecule has 0 unspecified atom stereocenters. The number of nitrogens with one attached hydrogen (secondary N) is 1. The maximum absolute atomic E-state index is 11.3. The van der Waals surface area contributed by atoms with Crippen LogP contribution in [0.3, 0.4) is 0 Å². The zero-order chi connectivity index (χ0) is 12.7. The van der Waals surface area contributed by atoms with Crippen LogP contribution in [0.4, 0.5) is 0 Å². The summed E-state index contributed by atoms with van der Waals surface area (Å²) in [6.45, 7) is 1.24. The quantitative estimate of drug-likeness (QED) is 0.773. The SMILES string of the molecule is CN(C)C(=O)CCNCc1ccccc1C#N. The van der Waals surface area contributed by atoms with E-state index in [2.05, 4.69) is 11.4 Å². The Morgan fingerprint density at radius 2 is 2.12 bits per heavy atom. The van der Waals surface area contributed by atoms with Gasteiger partial charge in [-0.1, -0.05) is 18.2 Å². The minimum absolute atomic E-state index is 0.103. The van der Waals surface area contributed by atoms with E-state index in [1.807, 2.05) is 18.2 Å². The van der Waals surface area contributed by atoms with Crippen LogP contribution in [0.15, 0.2) is 24.3 Å². The first-order chi connectivity index (χ1) is 8.15. The van der Waals surface area contributed by atoms with Crippen LogP contribution in [-0.4, -0.2) is 31.4 Å². The van der Waals surface area contributed by atoms with E-state index in [-0.39, 0.29) is 5.91 Å². The topological polar surface area (TPSA) is 56.1 Å². The standard InChI is InChI=1S/C13H17N3O/c1-16(2)13(17)7-8-15-10-12-6-4-3-5-11(12)9-14/h3-6,15H,7-8,10H2,1-2H3. The third kappa shape index (κ3) is 4.25. The first-order valence-electron chi connectivity index (χ1n) is 5.54. The van der Waals surface area contributed by atoms with Gasteiger partial charge in [-0.05, 0) is 11.6 Å². The molecule has 17 heavy (non-hydrogen) atoms. The van der Waals surface area contributed by atoms with E-state index in [1.54, 1.807) is 25.1 Å². The molecule has 0 radical (unpaired) electrons. The normalized spacial score (nSPS) is 9.71. The second-order valence-electron chi connectivity index (χ2n) is 3.98. The van der Waals surface area contributed by atoms with Crippen molar-refractivity contribution in [2.45, 2.75) is 13.0 Å². The molecule has 0 bridgehead atoms. The summed E-state index contributed by atoms with van der Waals surface area (Å²) >= 11 is 0. The van der Waals surface area contributed by atoms with E-state index in [0.717, 1.165) is 5.56 Å². The number of rotatable bonds is 5. The van der Waals surface area contributed by atoms with Crippen molar-refractivity contribution >= 4 is 5.91 Å². The van der Waals surface area contributed by atoms with Gasteiger partial charge in [0.15, 0.2) is 0 Å². The first-order valence-corrected chi connectivity index (χ1v) is 5.54. The van der Waals surface area contributed by atoms with Crippen molar-refractivity contribution in [2.24, 2.45) is 0 Å². The lowest BCUT2D eigenvalue weighted by Gasteiger charge is -2.10. The largest absolute Gasteiger partial charge is 0.349 e. The molecule has 0 heterocycles. The maximum Gasteiger partial charge on any atom is 0.223 e. The Labute approximate surface area is 102 Å². The predicted molar refractivity (Wildman–Crippen MR) is 66.2 cm³/mol. The van der Waals surface area contributed by atoms with Gasteiger partial charge >= 0.3 is 0 Å². The molecule has 0 spiro atoms. The highest BCUT2D eigenvalue weighted by Crippen LogP contribution is 2.06. The van der Waals surface area contributed by atoms with Gasteiger partial charge < -0.3 is 10.2 Å². The molecule has 1 N–H and O–H groups in total. The van der Waals surface area contributed by atoms with Crippen molar-refractivity contribution in [3.05, 3.63) is 35.4 Å². The monoisotopic (exact) mass is 231 g/mol. The van der Waals surface area contributed by atoms with Crippen molar-refractivity contribution in [1.29, 1.82) is 5.26 Å². The van der Waals surface area contributed by atoms with Crippen LogP contribution in [-0.2, 0) is 11.3 Å². The number of hydrogen-bond acceptors (Lipinski definition) is 3. The average Bonchev–Trinajstić information content (AvgIpc) is 2.34. The van der Waals surface area contributed by atoms with Gasteiger partial charge in [-0.3, -0.25) is 4.79 Å². The fourth-order valence-electron chi connectivity index (χ4n) is 1.43. The number of carbonyl (C=O) groups is 1. The summed E-state index contributed by atoms with van der Waals surface area (Å²) in [7, 11) is 3.49. The molecule has 1 aromatic carbocycles. The average molecular weight is 231 g/mol. The zero-order valence-corrected chi connectivity index (χ0v) is 10.2. The first kappa shape index (κ1) is 13.2. The molecule has 4 nitrogen and oxygen atoms in total. The van der Waals surface area contributed by atoms with E-state index in [9.17, 15) is 4.79 Å².